The van der Waals surface area contributed by atoms with Gasteiger partial charge in [-0.25, -0.2) is 4.79 Å². The minimum atomic E-state index is -4.52. The van der Waals surface area contributed by atoms with E-state index >= 15 is 0 Å². The maximum absolute atomic E-state index is 13.0. The second-order valence-electron chi connectivity index (χ2n) is 7.26. The van der Waals surface area contributed by atoms with Gasteiger partial charge in [0, 0.05) is 32.7 Å². The van der Waals surface area contributed by atoms with Gasteiger partial charge in [-0.05, 0) is 23.8 Å². The van der Waals surface area contributed by atoms with Crippen molar-refractivity contribution in [2.24, 2.45) is 0 Å². The van der Waals surface area contributed by atoms with Gasteiger partial charge in [-0.1, -0.05) is 36.4 Å². The van der Waals surface area contributed by atoms with E-state index in [1.54, 1.807) is 0 Å². The van der Waals surface area contributed by atoms with Gasteiger partial charge in [-0.2, -0.15) is 13.2 Å². The smallest absolute Gasteiger partial charge is 0.416 e. The van der Waals surface area contributed by atoms with Crippen molar-refractivity contribution in [1.82, 2.24) is 19.9 Å². The lowest BCUT2D eigenvalue weighted by atomic mass is 10.2. The number of hydrogen-bond acceptors (Lipinski definition) is 5. The van der Waals surface area contributed by atoms with E-state index in [9.17, 15) is 23.1 Å². The molecule has 0 saturated carbocycles. The zero-order valence-electron chi connectivity index (χ0n) is 16.5. The third-order valence-electron chi connectivity index (χ3n) is 5.12. The predicted molar refractivity (Wildman–Crippen MR) is 107 cm³/mol. The summed E-state index contributed by atoms with van der Waals surface area (Å²) >= 11 is 0. The summed E-state index contributed by atoms with van der Waals surface area (Å²) < 4.78 is 39.1. The molecule has 2 heterocycles. The number of halogens is 3. The van der Waals surface area contributed by atoms with Gasteiger partial charge in [0.15, 0.2) is 5.82 Å². The molecule has 1 aliphatic rings. The fraction of sp³-hybridized carbons (Fsp3) is 0.286. The highest BCUT2D eigenvalue weighted by Crippen LogP contribution is 2.30. The molecule has 0 amide bonds. The highest BCUT2D eigenvalue weighted by Gasteiger charge is 2.31. The monoisotopic (exact) mass is 431 g/mol. The number of benzene rings is 2. The number of aromatic nitrogens is 3. The molecule has 2 aromatic carbocycles. The lowest BCUT2D eigenvalue weighted by molar-refractivity contribution is -0.137. The number of carbonyl (C=O) groups is 1. The Kier molecular flexibility index (Phi) is 5.64. The van der Waals surface area contributed by atoms with Gasteiger partial charge in [0.05, 0.1) is 11.3 Å². The summed E-state index contributed by atoms with van der Waals surface area (Å²) in [5, 5.41) is 17.7. The van der Waals surface area contributed by atoms with Crippen molar-refractivity contribution < 1.29 is 23.1 Å². The molecule has 31 heavy (non-hydrogen) atoms. The van der Waals surface area contributed by atoms with E-state index in [-0.39, 0.29) is 17.2 Å². The topological polar surface area (TPSA) is 74.5 Å². The molecule has 1 aliphatic heterocycles. The molecule has 162 valence electrons. The van der Waals surface area contributed by atoms with E-state index < -0.39 is 17.7 Å². The van der Waals surface area contributed by atoms with Gasteiger partial charge in [0.2, 0.25) is 5.69 Å². The Morgan fingerprint density at radius 3 is 2.32 bits per heavy atom. The molecule has 0 aliphatic carbocycles. The van der Waals surface area contributed by atoms with E-state index in [2.05, 4.69) is 27.2 Å². The van der Waals surface area contributed by atoms with Crippen molar-refractivity contribution >= 4 is 11.8 Å². The van der Waals surface area contributed by atoms with Crippen molar-refractivity contribution in [2.45, 2.75) is 12.7 Å². The van der Waals surface area contributed by atoms with Gasteiger partial charge in [-0.3, -0.25) is 4.90 Å². The third-order valence-corrected chi connectivity index (χ3v) is 5.12. The highest BCUT2D eigenvalue weighted by atomic mass is 19.4. The van der Waals surface area contributed by atoms with Crippen LogP contribution in [0.4, 0.5) is 19.0 Å². The van der Waals surface area contributed by atoms with Gasteiger partial charge in [-0.15, -0.1) is 15.0 Å². The lowest BCUT2D eigenvalue weighted by Crippen LogP contribution is -2.46. The fourth-order valence-electron chi connectivity index (χ4n) is 3.53. The Bertz CT molecular complexity index is 1060. The fourth-order valence-corrected chi connectivity index (χ4v) is 3.53. The first kappa shape index (κ1) is 20.9. The van der Waals surface area contributed by atoms with E-state index in [1.807, 2.05) is 23.1 Å². The van der Waals surface area contributed by atoms with Gasteiger partial charge >= 0.3 is 12.1 Å². The van der Waals surface area contributed by atoms with Crippen LogP contribution in [0, 0.1) is 0 Å². The molecule has 10 heteroatoms. The Labute approximate surface area is 176 Å². The van der Waals surface area contributed by atoms with Crippen LogP contribution < -0.4 is 4.90 Å². The number of anilines is 1. The van der Waals surface area contributed by atoms with Gasteiger partial charge in [0.25, 0.3) is 0 Å². The molecule has 1 N–H and O–H groups in total. The van der Waals surface area contributed by atoms with Crippen LogP contribution in [0.2, 0.25) is 0 Å². The molecule has 3 aromatic rings. The molecule has 4 rings (SSSR count). The number of nitrogens with zero attached hydrogens (tertiary/aromatic N) is 5. The van der Waals surface area contributed by atoms with Crippen molar-refractivity contribution in [3.8, 4) is 5.69 Å². The van der Waals surface area contributed by atoms with Crippen molar-refractivity contribution in [3.05, 3.63) is 71.4 Å². The van der Waals surface area contributed by atoms with Gasteiger partial charge in [0.1, 0.15) is 0 Å². The second kappa shape index (κ2) is 8.38. The highest BCUT2D eigenvalue weighted by molar-refractivity contribution is 5.91. The summed E-state index contributed by atoms with van der Waals surface area (Å²) in [4.78, 5) is 16.7. The third kappa shape index (κ3) is 4.69. The van der Waals surface area contributed by atoms with Crippen LogP contribution in [-0.2, 0) is 12.7 Å². The summed E-state index contributed by atoms with van der Waals surface area (Å²) in [7, 11) is 0. The number of hydrogen-bond donors (Lipinski definition) is 1. The largest absolute Gasteiger partial charge is 0.476 e. The Balaban J connectivity index is 1.53. The van der Waals surface area contributed by atoms with Crippen molar-refractivity contribution in [1.29, 1.82) is 0 Å². The summed E-state index contributed by atoms with van der Waals surface area (Å²) in [6.07, 6.45) is -4.52. The van der Waals surface area contributed by atoms with Crippen LogP contribution in [0.3, 0.4) is 0 Å². The number of piperazine rings is 1. The molecule has 0 atom stereocenters. The first-order valence-electron chi connectivity index (χ1n) is 9.71. The molecule has 1 fully saturated rings. The van der Waals surface area contributed by atoms with Crippen LogP contribution in [0.15, 0.2) is 54.6 Å². The average molecular weight is 431 g/mol. The maximum atomic E-state index is 13.0. The molecular formula is C21H20F3N5O2. The Morgan fingerprint density at radius 2 is 1.68 bits per heavy atom. The molecule has 1 aromatic heterocycles. The number of carboxylic acid groups (broad SMARTS) is 1. The lowest BCUT2D eigenvalue weighted by Gasteiger charge is -2.34. The normalized spacial score (nSPS) is 15.3. The number of alkyl halides is 3. The second-order valence-corrected chi connectivity index (χ2v) is 7.26. The molecule has 7 nitrogen and oxygen atoms in total. The van der Waals surface area contributed by atoms with Crippen molar-refractivity contribution in [2.75, 3.05) is 31.1 Å². The van der Waals surface area contributed by atoms with E-state index in [4.69, 9.17) is 0 Å². The van der Waals surface area contributed by atoms with Crippen LogP contribution in [0.1, 0.15) is 21.6 Å². The molecule has 1 saturated heterocycles. The quantitative estimate of drug-likeness (QED) is 0.668. The summed E-state index contributed by atoms with van der Waals surface area (Å²) in [5.41, 5.74) is 0.105. The van der Waals surface area contributed by atoms with Crippen LogP contribution in [0.5, 0.6) is 0 Å². The zero-order chi connectivity index (χ0) is 22.0. The zero-order valence-corrected chi connectivity index (χ0v) is 16.5. The molecule has 0 spiro atoms. The standard InChI is InChI=1S/C21H20F3N5O2/c22-21(23,24)16-7-4-8-17(13-16)29-25-18(20(30)31)19(26-29)28-11-9-27(10-12-28)14-15-5-2-1-3-6-15/h1-8,13H,9-12,14H2,(H,30,31). The average Bonchev–Trinajstić information content (AvgIpc) is 3.20. The van der Waals surface area contributed by atoms with Crippen LogP contribution >= 0.6 is 0 Å². The minimum Gasteiger partial charge on any atom is -0.476 e. The van der Waals surface area contributed by atoms with E-state index in [0.29, 0.717) is 26.2 Å². The van der Waals surface area contributed by atoms with E-state index in [1.165, 1.54) is 17.7 Å². The minimum absolute atomic E-state index is 0.0475. The van der Waals surface area contributed by atoms with Gasteiger partial charge < -0.3 is 10.0 Å². The molecule has 0 unspecified atom stereocenters. The first-order chi connectivity index (χ1) is 14.8. The number of rotatable bonds is 5. The summed E-state index contributed by atoms with van der Waals surface area (Å²) in [6.45, 7) is 3.26. The Morgan fingerprint density at radius 1 is 0.968 bits per heavy atom. The summed E-state index contributed by atoms with van der Waals surface area (Å²) in [5.74, 6) is -1.12. The SMILES string of the molecule is O=C(O)c1nn(-c2cccc(C(F)(F)F)c2)nc1N1CCN(Cc2ccccc2)CC1. The maximum Gasteiger partial charge on any atom is 0.416 e. The Hall–Kier alpha value is -3.40. The predicted octanol–water partition coefficient (Wildman–Crippen LogP) is 3.31. The van der Waals surface area contributed by atoms with Crippen LogP contribution in [-0.4, -0.2) is 57.1 Å². The molecule has 0 radical (unpaired) electrons. The first-order valence-corrected chi connectivity index (χ1v) is 9.71. The molecular weight excluding hydrogens is 411 g/mol. The van der Waals surface area contributed by atoms with Crippen molar-refractivity contribution in [3.63, 3.8) is 0 Å². The summed E-state index contributed by atoms with van der Waals surface area (Å²) in [6, 6.07) is 14.5. The van der Waals surface area contributed by atoms with E-state index in [0.717, 1.165) is 23.5 Å². The van der Waals surface area contributed by atoms with Crippen LogP contribution in [0.25, 0.3) is 5.69 Å². The number of aromatic carboxylic acids is 1. The molecule has 0 bridgehead atoms. The number of carboxylic acids is 1.